The zero-order valence-electron chi connectivity index (χ0n) is 24.4. The van der Waals surface area contributed by atoms with Crippen LogP contribution in [0.4, 0.5) is 35.1 Å². The lowest BCUT2D eigenvalue weighted by Crippen LogP contribution is -2.39. The van der Waals surface area contributed by atoms with Gasteiger partial charge in [0.05, 0.1) is 16.1 Å². The highest BCUT2D eigenvalue weighted by molar-refractivity contribution is 6.34. The number of rotatable bonds is 13. The van der Waals surface area contributed by atoms with E-state index in [9.17, 15) is 49.5 Å². The molecular weight excluding hydrogens is 650 g/mol. The third-order valence-electron chi connectivity index (χ3n) is 7.10. The molecule has 0 aliphatic rings. The van der Waals surface area contributed by atoms with E-state index >= 15 is 0 Å². The van der Waals surface area contributed by atoms with Crippen LogP contribution in [0.25, 0.3) is 0 Å². The summed E-state index contributed by atoms with van der Waals surface area (Å²) in [7, 11) is 0. The molecule has 0 unspecified atom stereocenters. The van der Waals surface area contributed by atoms with E-state index in [1.165, 1.54) is 42.5 Å². The van der Waals surface area contributed by atoms with Gasteiger partial charge in [-0.2, -0.15) is 26.3 Å². The molecule has 0 atom stereocenters. The van der Waals surface area contributed by atoms with Gasteiger partial charge in [-0.1, -0.05) is 35.9 Å². The van der Waals surface area contributed by atoms with Crippen molar-refractivity contribution in [2.24, 2.45) is 5.41 Å². The van der Waals surface area contributed by atoms with Crippen molar-refractivity contribution >= 4 is 29.1 Å². The monoisotopic (exact) mass is 677 g/mol. The predicted octanol–water partition coefficient (Wildman–Crippen LogP) is 8.45. The van der Waals surface area contributed by atoms with Gasteiger partial charge in [0.25, 0.3) is 12.3 Å². The van der Waals surface area contributed by atoms with Crippen LogP contribution in [-0.2, 0) is 30.4 Å². The average Bonchev–Trinajstić information content (AvgIpc) is 2.97. The van der Waals surface area contributed by atoms with Crippen molar-refractivity contribution in [1.82, 2.24) is 5.32 Å². The van der Waals surface area contributed by atoms with E-state index < -0.39 is 60.3 Å². The van der Waals surface area contributed by atoms with Gasteiger partial charge < -0.3 is 10.1 Å². The molecule has 248 valence electrons. The number of aryl methyl sites for hydroxylation is 1. The van der Waals surface area contributed by atoms with Crippen LogP contribution < -0.4 is 10.1 Å². The first kappa shape index (κ1) is 36.5. The summed E-state index contributed by atoms with van der Waals surface area (Å²) in [5.41, 5.74) is -3.03. The molecule has 3 rings (SSSR count). The maximum absolute atomic E-state index is 13.2. The Labute approximate surface area is 263 Å². The van der Waals surface area contributed by atoms with Crippen LogP contribution in [0, 0.1) is 5.41 Å². The minimum atomic E-state index is -4.74. The SMILES string of the molecule is CC(C)(C(=O)CCc1ccc(Cl)c(C(=O)Cc2ccc(OCC(F)F)c(C(=O)NCc3cccc(C(F)(F)F)c3)c2)c1)C(F)(F)F. The van der Waals surface area contributed by atoms with Crippen molar-refractivity contribution in [2.75, 3.05) is 6.61 Å². The largest absolute Gasteiger partial charge is 0.487 e. The number of benzene rings is 3. The first-order valence-electron chi connectivity index (χ1n) is 13.7. The number of hydrogen-bond donors (Lipinski definition) is 1. The van der Waals surface area contributed by atoms with E-state index in [1.54, 1.807) is 0 Å². The molecule has 0 aromatic heterocycles. The second kappa shape index (κ2) is 14.6. The molecule has 0 bridgehead atoms. The fourth-order valence-corrected chi connectivity index (χ4v) is 4.45. The number of halogens is 9. The Morgan fingerprint density at radius 1 is 0.848 bits per heavy atom. The maximum Gasteiger partial charge on any atom is 0.416 e. The molecule has 0 aliphatic heterocycles. The van der Waals surface area contributed by atoms with Crippen LogP contribution in [0.3, 0.4) is 0 Å². The van der Waals surface area contributed by atoms with Crippen LogP contribution in [-0.4, -0.2) is 36.7 Å². The normalized spacial score (nSPS) is 12.3. The molecule has 46 heavy (non-hydrogen) atoms. The van der Waals surface area contributed by atoms with Gasteiger partial charge in [-0.05, 0) is 73.4 Å². The third-order valence-corrected chi connectivity index (χ3v) is 7.43. The Hall–Kier alpha value is -4.00. The fraction of sp³-hybridized carbons (Fsp3) is 0.344. The standard InChI is InChI=1S/C32H28ClF8NO4/c1-30(2,32(39,40)41)27(44)11-8-18-6-9-24(33)22(13-18)25(43)15-19-7-10-26(46-17-28(34)35)23(14-19)29(45)42-16-20-4-3-5-21(12-20)31(36,37)38/h3-7,9-10,12-14,28H,8,11,15-17H2,1-2H3,(H,42,45). The number of nitrogens with one attached hydrogen (secondary N) is 1. The van der Waals surface area contributed by atoms with Gasteiger partial charge >= 0.3 is 12.4 Å². The molecule has 0 heterocycles. The Kier molecular flexibility index (Phi) is 11.6. The molecule has 1 amide bonds. The zero-order valence-corrected chi connectivity index (χ0v) is 25.2. The molecule has 0 saturated heterocycles. The molecule has 0 spiro atoms. The van der Waals surface area contributed by atoms with Crippen molar-refractivity contribution in [3.8, 4) is 5.75 Å². The van der Waals surface area contributed by atoms with Crippen LogP contribution in [0.15, 0.2) is 60.7 Å². The van der Waals surface area contributed by atoms with Crippen LogP contribution >= 0.6 is 11.6 Å². The molecule has 3 aromatic rings. The van der Waals surface area contributed by atoms with E-state index in [1.807, 2.05) is 0 Å². The Bertz CT molecular complexity index is 1590. The molecule has 5 nitrogen and oxygen atoms in total. The maximum atomic E-state index is 13.2. The number of Topliss-reactive ketones (excluding diaryl/α,β-unsaturated/α-hetero) is 2. The number of hydrogen-bond acceptors (Lipinski definition) is 4. The highest BCUT2D eigenvalue weighted by atomic mass is 35.5. The van der Waals surface area contributed by atoms with E-state index in [-0.39, 0.29) is 52.4 Å². The number of ketones is 2. The number of amides is 1. The summed E-state index contributed by atoms with van der Waals surface area (Å²) >= 11 is 6.21. The number of ether oxygens (including phenoxy) is 1. The van der Waals surface area contributed by atoms with E-state index in [4.69, 9.17) is 16.3 Å². The Balaban J connectivity index is 1.80. The molecule has 14 heteroatoms. The van der Waals surface area contributed by atoms with Gasteiger partial charge in [0, 0.05) is 24.9 Å². The van der Waals surface area contributed by atoms with E-state index in [0.717, 1.165) is 32.0 Å². The number of alkyl halides is 8. The minimum Gasteiger partial charge on any atom is -0.487 e. The van der Waals surface area contributed by atoms with Gasteiger partial charge in [0.2, 0.25) is 0 Å². The van der Waals surface area contributed by atoms with Crippen LogP contribution in [0.1, 0.15) is 63.2 Å². The predicted molar refractivity (Wildman–Crippen MR) is 153 cm³/mol. The molecular formula is C32H28ClF8NO4. The van der Waals surface area contributed by atoms with Crippen molar-refractivity contribution < 1.29 is 54.2 Å². The lowest BCUT2D eigenvalue weighted by molar-refractivity contribution is -0.210. The Morgan fingerprint density at radius 2 is 1.50 bits per heavy atom. The summed E-state index contributed by atoms with van der Waals surface area (Å²) in [6, 6.07) is 12.1. The Morgan fingerprint density at radius 3 is 2.13 bits per heavy atom. The summed E-state index contributed by atoms with van der Waals surface area (Å²) < 4.78 is 109. The van der Waals surface area contributed by atoms with Crippen molar-refractivity contribution in [3.05, 3.63) is 99.1 Å². The fourth-order valence-electron chi connectivity index (χ4n) is 4.23. The summed E-state index contributed by atoms with van der Waals surface area (Å²) in [6.45, 7) is 0.175. The topological polar surface area (TPSA) is 72.5 Å². The van der Waals surface area contributed by atoms with Gasteiger partial charge in [0.15, 0.2) is 5.78 Å². The summed E-state index contributed by atoms with van der Waals surface area (Å²) in [4.78, 5) is 38.5. The van der Waals surface area contributed by atoms with Crippen LogP contribution in [0.5, 0.6) is 5.75 Å². The van der Waals surface area contributed by atoms with Gasteiger partial charge in [-0.25, -0.2) is 8.78 Å². The van der Waals surface area contributed by atoms with Gasteiger partial charge in [0.1, 0.15) is 23.6 Å². The molecule has 0 saturated carbocycles. The molecule has 3 aromatic carbocycles. The smallest absolute Gasteiger partial charge is 0.416 e. The average molecular weight is 678 g/mol. The van der Waals surface area contributed by atoms with E-state index in [0.29, 0.717) is 5.56 Å². The van der Waals surface area contributed by atoms with Crippen molar-refractivity contribution in [3.63, 3.8) is 0 Å². The lowest BCUT2D eigenvalue weighted by Gasteiger charge is -2.26. The van der Waals surface area contributed by atoms with Gasteiger partial charge in [-0.15, -0.1) is 0 Å². The van der Waals surface area contributed by atoms with Crippen molar-refractivity contribution in [2.45, 2.75) is 58.4 Å². The highest BCUT2D eigenvalue weighted by Crippen LogP contribution is 2.39. The zero-order chi connectivity index (χ0) is 34.4. The summed E-state index contributed by atoms with van der Waals surface area (Å²) in [6.07, 6.45) is -13.1. The van der Waals surface area contributed by atoms with Crippen LogP contribution in [0.2, 0.25) is 5.02 Å². The molecule has 0 fully saturated rings. The highest BCUT2D eigenvalue weighted by Gasteiger charge is 2.51. The molecule has 0 aliphatic carbocycles. The molecule has 1 N–H and O–H groups in total. The summed E-state index contributed by atoms with van der Waals surface area (Å²) in [5.74, 6) is -2.73. The first-order chi connectivity index (χ1) is 21.3. The lowest BCUT2D eigenvalue weighted by atomic mass is 9.84. The minimum absolute atomic E-state index is 0.00438. The summed E-state index contributed by atoms with van der Waals surface area (Å²) in [5, 5.41) is 2.44. The van der Waals surface area contributed by atoms with E-state index in [2.05, 4.69) is 5.32 Å². The molecule has 0 radical (unpaired) electrons. The van der Waals surface area contributed by atoms with Crippen molar-refractivity contribution in [1.29, 1.82) is 0 Å². The number of carbonyl (C=O) groups is 3. The first-order valence-corrected chi connectivity index (χ1v) is 14.1. The third kappa shape index (κ3) is 9.51. The second-order valence-corrected chi connectivity index (χ2v) is 11.3. The number of carbonyl (C=O) groups excluding carboxylic acids is 3. The quantitative estimate of drug-likeness (QED) is 0.146. The second-order valence-electron chi connectivity index (χ2n) is 10.9. The van der Waals surface area contributed by atoms with Gasteiger partial charge in [-0.3, -0.25) is 14.4 Å².